The van der Waals surface area contributed by atoms with Crippen molar-refractivity contribution in [2.45, 2.75) is 70.9 Å². The predicted octanol–water partition coefficient (Wildman–Crippen LogP) is 3.35. The van der Waals surface area contributed by atoms with Gasteiger partial charge in [-0.25, -0.2) is 0 Å². The number of benzene rings is 1. The molecule has 1 saturated carbocycles. The molecule has 2 atom stereocenters. The smallest absolute Gasteiger partial charge is 0.255 e. The third-order valence-electron chi connectivity index (χ3n) is 6.81. The van der Waals surface area contributed by atoms with E-state index < -0.39 is 11.9 Å². The lowest BCUT2D eigenvalue weighted by Gasteiger charge is -2.29. The van der Waals surface area contributed by atoms with Gasteiger partial charge in [0.25, 0.3) is 5.91 Å². The van der Waals surface area contributed by atoms with Gasteiger partial charge in [-0.3, -0.25) is 24.5 Å². The first kappa shape index (κ1) is 22.5. The Morgan fingerprint density at radius 1 is 1.13 bits per heavy atom. The fourth-order valence-corrected chi connectivity index (χ4v) is 5.03. The largest absolute Gasteiger partial charge is 0.322 e. The molecule has 2 fully saturated rings. The Hall–Kier alpha value is -2.15. The van der Waals surface area contributed by atoms with Gasteiger partial charge in [0.05, 0.1) is 0 Å². The number of rotatable bonds is 5. The van der Waals surface area contributed by atoms with Crippen LogP contribution in [0.25, 0.3) is 0 Å². The average Bonchev–Trinajstić information content (AvgIpc) is 3.04. The Kier molecular flexibility index (Phi) is 7.01. The molecule has 1 aliphatic carbocycles. The molecule has 0 radical (unpaired) electrons. The lowest BCUT2D eigenvalue weighted by atomic mass is 9.78. The van der Waals surface area contributed by atoms with E-state index in [1.807, 2.05) is 6.07 Å². The maximum atomic E-state index is 12.9. The molecule has 2 aliphatic heterocycles. The molecule has 30 heavy (non-hydrogen) atoms. The van der Waals surface area contributed by atoms with E-state index in [0.29, 0.717) is 42.3 Å². The van der Waals surface area contributed by atoms with E-state index in [4.69, 9.17) is 0 Å². The molecule has 162 valence electrons. The van der Waals surface area contributed by atoms with Gasteiger partial charge in [0.15, 0.2) is 5.78 Å². The zero-order valence-electron chi connectivity index (χ0n) is 17.4. The number of piperidine rings is 1. The van der Waals surface area contributed by atoms with Gasteiger partial charge in [-0.15, -0.1) is 0 Å². The van der Waals surface area contributed by atoms with Gasteiger partial charge in [-0.2, -0.15) is 13.5 Å². The van der Waals surface area contributed by atoms with Crippen molar-refractivity contribution in [1.29, 1.82) is 0 Å². The summed E-state index contributed by atoms with van der Waals surface area (Å²) in [6.45, 7) is 2.48. The van der Waals surface area contributed by atoms with Crippen LogP contribution in [0.5, 0.6) is 0 Å². The predicted molar refractivity (Wildman–Crippen MR) is 118 cm³/mol. The number of ketones is 1. The number of nitrogens with one attached hydrogen (secondary N) is 1. The van der Waals surface area contributed by atoms with E-state index in [1.165, 1.54) is 37.0 Å². The van der Waals surface area contributed by atoms with Crippen molar-refractivity contribution in [3.05, 3.63) is 34.9 Å². The third kappa shape index (κ3) is 4.46. The molecule has 4 rings (SSSR count). The zero-order chi connectivity index (χ0) is 20.5. The Morgan fingerprint density at radius 3 is 2.57 bits per heavy atom. The van der Waals surface area contributed by atoms with Crippen molar-refractivity contribution < 1.29 is 19.2 Å². The Bertz CT molecular complexity index is 863. The van der Waals surface area contributed by atoms with Crippen LogP contribution in [0, 0.1) is 11.8 Å². The molecule has 1 saturated heterocycles. The first-order valence-electron chi connectivity index (χ1n) is 10.7. The fraction of sp³-hybridized carbons (Fsp3) is 0.565. The van der Waals surface area contributed by atoms with E-state index >= 15 is 0 Å². The second-order valence-electron chi connectivity index (χ2n) is 8.77. The molecule has 3 aliphatic rings. The minimum absolute atomic E-state index is 0. The van der Waals surface area contributed by atoms with Gasteiger partial charge in [0.2, 0.25) is 11.8 Å². The summed E-state index contributed by atoms with van der Waals surface area (Å²) in [5.74, 6) is 0.210. The maximum Gasteiger partial charge on any atom is 0.255 e. The van der Waals surface area contributed by atoms with Gasteiger partial charge in [-0.1, -0.05) is 45.1 Å². The standard InChI is InChI=1S/C23H28N2O4.H2S/c1-14(15-5-3-2-4-6-15)11-20(26)16-7-8-18-17(12-16)13-25(23(18)29)19-9-10-21(27)24-22(19)28;/h7-8,12,14-15,19H,2-6,9-11,13H2,1H3,(H,24,27,28);1H2/t14-,19?;/m1./s1. The second kappa shape index (κ2) is 9.33. The number of carbonyl (C=O) groups is 4. The van der Waals surface area contributed by atoms with Gasteiger partial charge in [0.1, 0.15) is 6.04 Å². The second-order valence-corrected chi connectivity index (χ2v) is 8.77. The van der Waals surface area contributed by atoms with Gasteiger partial charge in [-0.05, 0) is 36.0 Å². The highest BCUT2D eigenvalue weighted by molar-refractivity contribution is 7.59. The van der Waals surface area contributed by atoms with Crippen molar-refractivity contribution in [1.82, 2.24) is 10.2 Å². The van der Waals surface area contributed by atoms with E-state index in [-0.39, 0.29) is 37.5 Å². The summed E-state index contributed by atoms with van der Waals surface area (Å²) in [6.07, 6.45) is 7.38. The summed E-state index contributed by atoms with van der Waals surface area (Å²) in [5.41, 5.74) is 1.98. The van der Waals surface area contributed by atoms with Crippen LogP contribution >= 0.6 is 13.5 Å². The summed E-state index contributed by atoms with van der Waals surface area (Å²) in [4.78, 5) is 50.7. The highest BCUT2D eigenvalue weighted by atomic mass is 32.1. The molecule has 1 unspecified atom stereocenters. The quantitative estimate of drug-likeness (QED) is 0.574. The van der Waals surface area contributed by atoms with Crippen LogP contribution in [0.1, 0.15) is 84.6 Å². The zero-order valence-corrected chi connectivity index (χ0v) is 18.4. The van der Waals surface area contributed by atoms with Gasteiger partial charge >= 0.3 is 0 Å². The van der Waals surface area contributed by atoms with Crippen LogP contribution < -0.4 is 5.32 Å². The van der Waals surface area contributed by atoms with Crippen molar-refractivity contribution in [2.24, 2.45) is 11.8 Å². The van der Waals surface area contributed by atoms with Gasteiger partial charge < -0.3 is 4.90 Å². The van der Waals surface area contributed by atoms with Crippen LogP contribution in [-0.2, 0) is 16.1 Å². The van der Waals surface area contributed by atoms with Crippen LogP contribution in [0.3, 0.4) is 0 Å². The molecule has 0 aromatic heterocycles. The third-order valence-corrected chi connectivity index (χ3v) is 6.81. The summed E-state index contributed by atoms with van der Waals surface area (Å²) >= 11 is 0. The summed E-state index contributed by atoms with van der Waals surface area (Å²) in [6, 6.07) is 4.63. The van der Waals surface area contributed by atoms with Crippen LogP contribution in [0.15, 0.2) is 18.2 Å². The number of nitrogens with zero attached hydrogens (tertiary/aromatic N) is 1. The van der Waals surface area contributed by atoms with Crippen molar-refractivity contribution in [3.63, 3.8) is 0 Å². The summed E-state index contributed by atoms with van der Waals surface area (Å²) < 4.78 is 0. The number of Topliss-reactive ketones (excluding diaryl/α,β-unsaturated/α-hetero) is 1. The van der Waals surface area contributed by atoms with E-state index in [9.17, 15) is 19.2 Å². The lowest BCUT2D eigenvalue weighted by Crippen LogP contribution is -2.52. The van der Waals surface area contributed by atoms with Crippen LogP contribution in [-0.4, -0.2) is 34.4 Å². The topological polar surface area (TPSA) is 83.6 Å². The minimum Gasteiger partial charge on any atom is -0.322 e. The van der Waals surface area contributed by atoms with Gasteiger partial charge in [0, 0.05) is 30.5 Å². The summed E-state index contributed by atoms with van der Waals surface area (Å²) in [5, 5.41) is 2.31. The van der Waals surface area contributed by atoms with E-state index in [1.54, 1.807) is 12.1 Å². The molecular formula is C23H30N2O4S. The van der Waals surface area contributed by atoms with E-state index in [0.717, 1.165) is 5.56 Å². The highest BCUT2D eigenvalue weighted by Gasteiger charge is 2.39. The number of carbonyl (C=O) groups excluding carboxylic acids is 4. The normalized spacial score (nSPS) is 22.9. The minimum atomic E-state index is -0.627. The molecule has 0 spiro atoms. The molecular weight excluding hydrogens is 400 g/mol. The maximum absolute atomic E-state index is 12.9. The molecule has 7 heteroatoms. The Labute approximate surface area is 184 Å². The van der Waals surface area contributed by atoms with Crippen molar-refractivity contribution in [3.8, 4) is 0 Å². The van der Waals surface area contributed by atoms with E-state index in [2.05, 4.69) is 12.2 Å². The number of amides is 3. The Morgan fingerprint density at radius 2 is 1.87 bits per heavy atom. The summed E-state index contributed by atoms with van der Waals surface area (Å²) in [7, 11) is 0. The number of hydrogen-bond acceptors (Lipinski definition) is 4. The monoisotopic (exact) mass is 430 g/mol. The fourth-order valence-electron chi connectivity index (χ4n) is 5.03. The average molecular weight is 431 g/mol. The molecule has 1 aromatic carbocycles. The van der Waals surface area contributed by atoms with Crippen molar-refractivity contribution >= 4 is 37.0 Å². The molecule has 0 bridgehead atoms. The first-order chi connectivity index (χ1) is 13.9. The first-order valence-corrected chi connectivity index (χ1v) is 10.7. The number of hydrogen-bond donors (Lipinski definition) is 1. The number of fused-ring (bicyclic) bond motifs is 1. The molecule has 3 amide bonds. The molecule has 1 aromatic rings. The Balaban J connectivity index is 0.00000256. The molecule has 2 heterocycles. The van der Waals surface area contributed by atoms with Crippen molar-refractivity contribution in [2.75, 3.05) is 0 Å². The van der Waals surface area contributed by atoms with Crippen LogP contribution in [0.4, 0.5) is 0 Å². The number of imide groups is 1. The molecule has 1 N–H and O–H groups in total. The SMILES string of the molecule is C[C@H](CC(=O)c1ccc2c(c1)CN(C1CCC(=O)NC1=O)C2=O)C1CCCCC1.S. The lowest BCUT2D eigenvalue weighted by molar-refractivity contribution is -0.136. The highest BCUT2D eigenvalue weighted by Crippen LogP contribution is 2.33. The van der Waals surface area contributed by atoms with Crippen LogP contribution in [0.2, 0.25) is 0 Å². The molecule has 6 nitrogen and oxygen atoms in total.